The molecule has 0 heterocycles. The van der Waals surface area contributed by atoms with E-state index in [2.05, 4.69) is 20.8 Å². The highest BCUT2D eigenvalue weighted by atomic mass is 16.7. The molecule has 0 aromatic heterocycles. The van der Waals surface area contributed by atoms with Crippen molar-refractivity contribution >= 4 is 11.9 Å². The summed E-state index contributed by atoms with van der Waals surface area (Å²) in [4.78, 5) is 26.7. The molecule has 6 N–H and O–H groups in total. The first-order valence-electron chi connectivity index (χ1n) is 22.8. The van der Waals surface area contributed by atoms with Crippen molar-refractivity contribution in [1.82, 2.24) is 4.90 Å². The van der Waals surface area contributed by atoms with Gasteiger partial charge in [-0.3, -0.25) is 4.90 Å². The van der Waals surface area contributed by atoms with Crippen LogP contribution in [-0.2, 0) is 19.1 Å². The molecule has 1 atom stereocenters. The van der Waals surface area contributed by atoms with Crippen LogP contribution in [-0.4, -0.2) is 97.7 Å². The number of carbonyl (C=O) groups is 2. The molecule has 11 heteroatoms. The largest absolute Gasteiger partial charge is 0.462 e. The Morgan fingerprint density at radius 2 is 0.927 bits per heavy atom. The molecule has 0 aliphatic rings. The molecule has 1 unspecified atom stereocenters. The lowest BCUT2D eigenvalue weighted by molar-refractivity contribution is -0.317. The van der Waals surface area contributed by atoms with Crippen LogP contribution in [0.2, 0.25) is 0 Å². The molecule has 0 rings (SSSR count). The van der Waals surface area contributed by atoms with E-state index in [0.29, 0.717) is 45.2 Å². The Morgan fingerprint density at radius 1 is 0.527 bits per heavy atom. The van der Waals surface area contributed by atoms with Crippen molar-refractivity contribution in [3.63, 3.8) is 0 Å². The maximum absolute atomic E-state index is 12.8. The van der Waals surface area contributed by atoms with Gasteiger partial charge in [0.25, 0.3) is 11.8 Å². The molecule has 0 spiro atoms. The number of rotatable bonds is 41. The summed E-state index contributed by atoms with van der Waals surface area (Å²) in [5.74, 6) is -7.04. The first kappa shape index (κ1) is 53.7. The molecule has 0 radical (unpaired) electrons. The van der Waals surface area contributed by atoms with E-state index in [1.807, 2.05) is 0 Å². The standard InChI is InChI=1S/C44H87NO10/c1-4-7-10-13-16-17-18-23-30-37-54-42(48)43(49,50)34-27-29-36-45(38-44(51,52)53)35-28-22-21-26-33-40(46)41(47)55-39(31-24-19-14-11-8-5-2)32-25-20-15-12-9-6-3/h39-40,46,49-53H,4-38H2,1-3H3. The van der Waals surface area contributed by atoms with Crippen LogP contribution >= 0.6 is 0 Å². The maximum Gasteiger partial charge on any atom is 0.366 e. The van der Waals surface area contributed by atoms with Gasteiger partial charge in [0.2, 0.25) is 0 Å². The number of esters is 2. The van der Waals surface area contributed by atoms with Crippen molar-refractivity contribution in [3.05, 3.63) is 0 Å². The molecule has 0 aromatic carbocycles. The summed E-state index contributed by atoms with van der Waals surface area (Å²) in [7, 11) is 0. The zero-order valence-corrected chi connectivity index (χ0v) is 35.7. The van der Waals surface area contributed by atoms with E-state index in [-0.39, 0.29) is 25.6 Å². The summed E-state index contributed by atoms with van der Waals surface area (Å²) in [6.07, 6.45) is 28.4. The van der Waals surface area contributed by atoms with Gasteiger partial charge in [-0.05, 0) is 70.9 Å². The van der Waals surface area contributed by atoms with Gasteiger partial charge in [-0.25, -0.2) is 9.59 Å². The van der Waals surface area contributed by atoms with E-state index in [1.54, 1.807) is 4.90 Å². The second kappa shape index (κ2) is 35.8. The third-order valence-electron chi connectivity index (χ3n) is 10.5. The van der Waals surface area contributed by atoms with Gasteiger partial charge in [0, 0.05) is 6.42 Å². The molecular weight excluding hydrogens is 702 g/mol. The van der Waals surface area contributed by atoms with E-state index in [9.17, 15) is 40.2 Å². The molecule has 55 heavy (non-hydrogen) atoms. The van der Waals surface area contributed by atoms with Gasteiger partial charge in [0.15, 0.2) is 6.10 Å². The molecule has 0 saturated carbocycles. The molecule has 0 aliphatic carbocycles. The van der Waals surface area contributed by atoms with Crippen LogP contribution in [0.3, 0.4) is 0 Å². The predicted octanol–water partition coefficient (Wildman–Crippen LogP) is 8.57. The van der Waals surface area contributed by atoms with Gasteiger partial charge in [-0.2, -0.15) is 0 Å². The van der Waals surface area contributed by atoms with Crippen LogP contribution in [0, 0.1) is 0 Å². The average molecular weight is 790 g/mol. The fraction of sp³-hybridized carbons (Fsp3) is 0.955. The van der Waals surface area contributed by atoms with Crippen LogP contribution in [0.4, 0.5) is 0 Å². The van der Waals surface area contributed by atoms with Crippen molar-refractivity contribution in [1.29, 1.82) is 0 Å². The molecule has 0 bridgehead atoms. The van der Waals surface area contributed by atoms with Crippen LogP contribution in [0.1, 0.15) is 220 Å². The third-order valence-corrected chi connectivity index (χ3v) is 10.5. The fourth-order valence-corrected chi connectivity index (χ4v) is 7.03. The Labute approximate surface area is 336 Å². The van der Waals surface area contributed by atoms with Crippen LogP contribution in [0.5, 0.6) is 0 Å². The van der Waals surface area contributed by atoms with E-state index in [0.717, 1.165) is 70.6 Å². The number of unbranched alkanes of at least 4 members (excludes halogenated alkanes) is 22. The molecular formula is C44H87NO10. The number of hydrogen-bond acceptors (Lipinski definition) is 11. The van der Waals surface area contributed by atoms with E-state index >= 15 is 0 Å². The number of aliphatic hydroxyl groups is 6. The van der Waals surface area contributed by atoms with E-state index < -0.39 is 36.3 Å². The summed E-state index contributed by atoms with van der Waals surface area (Å²) in [5.41, 5.74) is 0. The lowest BCUT2D eigenvalue weighted by Crippen LogP contribution is -2.44. The van der Waals surface area contributed by atoms with Crippen LogP contribution in [0.15, 0.2) is 0 Å². The van der Waals surface area contributed by atoms with Gasteiger partial charge in [-0.15, -0.1) is 0 Å². The number of aliphatic hydroxyl groups excluding tert-OH is 1. The smallest absolute Gasteiger partial charge is 0.366 e. The molecule has 0 amide bonds. The fourth-order valence-electron chi connectivity index (χ4n) is 7.03. The zero-order chi connectivity index (χ0) is 41.0. The topological polar surface area (TPSA) is 177 Å². The second-order valence-corrected chi connectivity index (χ2v) is 16.2. The van der Waals surface area contributed by atoms with Gasteiger partial charge in [0.1, 0.15) is 6.10 Å². The van der Waals surface area contributed by atoms with E-state index in [4.69, 9.17) is 9.47 Å². The lowest BCUT2D eigenvalue weighted by atomic mass is 10.0. The molecule has 0 fully saturated rings. The Hall–Kier alpha value is -1.34. The summed E-state index contributed by atoms with van der Waals surface area (Å²) < 4.78 is 10.9. The number of nitrogens with zero attached hydrogens (tertiary/aromatic N) is 1. The van der Waals surface area contributed by atoms with Gasteiger partial charge < -0.3 is 40.1 Å². The molecule has 0 saturated heterocycles. The third kappa shape index (κ3) is 34.4. The van der Waals surface area contributed by atoms with Crippen molar-refractivity contribution in [2.24, 2.45) is 0 Å². The van der Waals surface area contributed by atoms with Crippen LogP contribution < -0.4 is 0 Å². The molecule has 328 valence electrons. The van der Waals surface area contributed by atoms with Crippen molar-refractivity contribution in [2.45, 2.75) is 244 Å². The number of hydrogen-bond donors (Lipinski definition) is 6. The molecule has 0 aliphatic heterocycles. The quantitative estimate of drug-likeness (QED) is 0.0199. The normalized spacial score (nSPS) is 12.9. The Bertz CT molecular complexity index is 865. The summed E-state index contributed by atoms with van der Waals surface area (Å²) in [5, 5.41) is 59.9. The highest BCUT2D eigenvalue weighted by Gasteiger charge is 2.34. The summed E-state index contributed by atoms with van der Waals surface area (Å²) in [6.45, 7) is 7.16. The lowest BCUT2D eigenvalue weighted by Gasteiger charge is -2.27. The zero-order valence-electron chi connectivity index (χ0n) is 35.7. The molecule has 11 nitrogen and oxygen atoms in total. The minimum absolute atomic E-state index is 0.142. The monoisotopic (exact) mass is 790 g/mol. The van der Waals surface area contributed by atoms with Gasteiger partial charge in [-0.1, -0.05) is 156 Å². The SMILES string of the molecule is CCCCCCCCCCCOC(=O)C(O)(O)CCCCN(CCCCCCC(O)C(=O)OC(CCCCCCCC)CCCCCCCC)CC(O)(O)O. The Morgan fingerprint density at radius 3 is 1.40 bits per heavy atom. The highest BCUT2D eigenvalue weighted by Crippen LogP contribution is 2.19. The minimum atomic E-state index is -2.87. The maximum atomic E-state index is 12.8. The number of ether oxygens (including phenoxy) is 2. The summed E-state index contributed by atoms with van der Waals surface area (Å²) >= 11 is 0. The van der Waals surface area contributed by atoms with Crippen molar-refractivity contribution in [3.8, 4) is 0 Å². The first-order chi connectivity index (χ1) is 26.4. The first-order valence-corrected chi connectivity index (χ1v) is 22.8. The Kier molecular flexibility index (Phi) is 34.9. The van der Waals surface area contributed by atoms with Gasteiger partial charge >= 0.3 is 11.9 Å². The minimum Gasteiger partial charge on any atom is -0.462 e. The van der Waals surface area contributed by atoms with Crippen molar-refractivity contribution in [2.75, 3.05) is 26.2 Å². The highest BCUT2D eigenvalue weighted by molar-refractivity contribution is 5.77. The number of carbonyl (C=O) groups excluding carboxylic acids is 2. The molecule has 0 aromatic rings. The predicted molar refractivity (Wildman–Crippen MR) is 220 cm³/mol. The average Bonchev–Trinajstić information content (AvgIpc) is 3.13. The van der Waals surface area contributed by atoms with Crippen LogP contribution in [0.25, 0.3) is 0 Å². The second-order valence-electron chi connectivity index (χ2n) is 16.2. The van der Waals surface area contributed by atoms with Gasteiger partial charge in [0.05, 0.1) is 13.2 Å². The van der Waals surface area contributed by atoms with E-state index in [1.165, 1.54) is 83.5 Å². The van der Waals surface area contributed by atoms with Crippen molar-refractivity contribution < 1.29 is 49.7 Å². The Balaban J connectivity index is 4.45. The summed E-state index contributed by atoms with van der Waals surface area (Å²) in [6, 6.07) is 0.